The van der Waals surface area contributed by atoms with Gasteiger partial charge in [-0.2, -0.15) is 0 Å². The Balaban J connectivity index is 2.17. The first kappa shape index (κ1) is 16.3. The molecule has 1 aliphatic rings. The SMILES string of the molecule is C[N+]1(c2ccc(F)cc2-c2ccc(F)c(F)c2)C=CC(C(F)F)=N1. The molecule has 2 nitrogen and oxygen atoms in total. The number of hydrogen-bond acceptors (Lipinski definition) is 1. The van der Waals surface area contributed by atoms with Gasteiger partial charge in [0.15, 0.2) is 23.0 Å². The maximum Gasteiger partial charge on any atom is 0.285 e. The minimum absolute atomic E-state index is 0.219. The fourth-order valence-corrected chi connectivity index (χ4v) is 2.58. The second-order valence-electron chi connectivity index (χ2n) is 5.46. The van der Waals surface area contributed by atoms with Gasteiger partial charge in [-0.1, -0.05) is 11.2 Å². The van der Waals surface area contributed by atoms with Crippen LogP contribution in [0.2, 0.25) is 0 Å². The van der Waals surface area contributed by atoms with Gasteiger partial charge in [0, 0.05) is 17.7 Å². The molecule has 3 rings (SSSR count). The van der Waals surface area contributed by atoms with E-state index in [1.165, 1.54) is 31.5 Å². The molecular weight excluding hydrogens is 327 g/mol. The van der Waals surface area contributed by atoms with Crippen molar-refractivity contribution in [3.8, 4) is 11.1 Å². The van der Waals surface area contributed by atoms with Crippen molar-refractivity contribution in [3.05, 3.63) is 66.1 Å². The number of allylic oxidation sites excluding steroid dienone is 1. The van der Waals surface area contributed by atoms with E-state index in [2.05, 4.69) is 5.10 Å². The van der Waals surface area contributed by atoms with Crippen LogP contribution in [-0.2, 0) is 0 Å². The molecule has 7 heteroatoms. The van der Waals surface area contributed by atoms with Gasteiger partial charge in [-0.05, 0) is 29.8 Å². The summed E-state index contributed by atoms with van der Waals surface area (Å²) in [6.45, 7) is 0. The number of nitrogens with zero attached hydrogens (tertiary/aromatic N) is 2. The molecule has 1 aliphatic heterocycles. The molecule has 0 radical (unpaired) electrons. The molecule has 0 fully saturated rings. The van der Waals surface area contributed by atoms with E-state index in [4.69, 9.17) is 0 Å². The standard InChI is InChI=1S/C17H12F5N2/c1-24(7-6-15(23-24)17(21)22)16-5-3-11(18)9-12(16)10-2-4-13(19)14(20)8-10/h2-9,17H,1H3/q+1. The van der Waals surface area contributed by atoms with Crippen LogP contribution >= 0.6 is 0 Å². The summed E-state index contributed by atoms with van der Waals surface area (Å²) in [7, 11) is 1.53. The Morgan fingerprint density at radius 1 is 0.958 bits per heavy atom. The van der Waals surface area contributed by atoms with Crippen molar-refractivity contribution in [1.29, 1.82) is 0 Å². The Morgan fingerprint density at radius 2 is 1.71 bits per heavy atom. The van der Waals surface area contributed by atoms with Crippen LogP contribution in [0.5, 0.6) is 0 Å². The Bertz CT molecular complexity index is 860. The van der Waals surface area contributed by atoms with Crippen molar-refractivity contribution in [2.45, 2.75) is 6.43 Å². The molecule has 2 aromatic carbocycles. The van der Waals surface area contributed by atoms with Gasteiger partial charge in [-0.15, -0.1) is 4.59 Å². The smallest absolute Gasteiger partial charge is 0.207 e. The van der Waals surface area contributed by atoms with Gasteiger partial charge in [0.1, 0.15) is 19.1 Å². The fraction of sp³-hybridized carbons (Fsp3) is 0.118. The molecule has 0 spiro atoms. The minimum Gasteiger partial charge on any atom is -0.207 e. The van der Waals surface area contributed by atoms with Crippen LogP contribution in [-0.4, -0.2) is 19.2 Å². The zero-order chi connectivity index (χ0) is 17.5. The van der Waals surface area contributed by atoms with Gasteiger partial charge >= 0.3 is 0 Å². The highest BCUT2D eigenvalue weighted by Crippen LogP contribution is 2.38. The summed E-state index contributed by atoms with van der Waals surface area (Å²) in [5.74, 6) is -2.71. The number of halogens is 5. The van der Waals surface area contributed by atoms with Crippen molar-refractivity contribution in [2.75, 3.05) is 7.05 Å². The second kappa shape index (κ2) is 5.83. The Morgan fingerprint density at radius 3 is 2.33 bits per heavy atom. The van der Waals surface area contributed by atoms with Crippen molar-refractivity contribution in [2.24, 2.45) is 5.10 Å². The average molecular weight is 339 g/mol. The van der Waals surface area contributed by atoms with Gasteiger partial charge < -0.3 is 0 Å². The van der Waals surface area contributed by atoms with Crippen LogP contribution < -0.4 is 4.59 Å². The molecule has 0 bridgehead atoms. The summed E-state index contributed by atoms with van der Waals surface area (Å²) in [5.41, 5.74) is 0.407. The highest BCUT2D eigenvalue weighted by atomic mass is 19.3. The number of benzene rings is 2. The van der Waals surface area contributed by atoms with E-state index in [9.17, 15) is 22.0 Å². The van der Waals surface area contributed by atoms with Gasteiger partial charge in [0.05, 0.1) is 0 Å². The zero-order valence-electron chi connectivity index (χ0n) is 12.5. The molecular formula is C17H12F5N2+. The number of quaternary nitrogens is 1. The largest absolute Gasteiger partial charge is 0.285 e. The first-order valence-corrected chi connectivity index (χ1v) is 6.99. The summed E-state index contributed by atoms with van der Waals surface area (Å²) in [6, 6.07) is 6.82. The first-order chi connectivity index (χ1) is 11.3. The van der Waals surface area contributed by atoms with E-state index in [0.29, 0.717) is 5.69 Å². The first-order valence-electron chi connectivity index (χ1n) is 6.99. The van der Waals surface area contributed by atoms with Gasteiger partial charge in [-0.3, -0.25) is 0 Å². The highest BCUT2D eigenvalue weighted by molar-refractivity contribution is 6.00. The molecule has 2 aromatic rings. The Labute approximate surface area is 134 Å². The number of rotatable bonds is 3. The van der Waals surface area contributed by atoms with Crippen LogP contribution in [0.3, 0.4) is 0 Å². The lowest BCUT2D eigenvalue weighted by Crippen LogP contribution is -2.31. The van der Waals surface area contributed by atoms with Crippen LogP contribution in [0.4, 0.5) is 27.6 Å². The van der Waals surface area contributed by atoms with Crippen LogP contribution in [0.25, 0.3) is 11.1 Å². The van der Waals surface area contributed by atoms with E-state index in [1.54, 1.807) is 0 Å². The molecule has 0 aliphatic carbocycles. The Kier molecular flexibility index (Phi) is 3.96. The monoisotopic (exact) mass is 339 g/mol. The van der Waals surface area contributed by atoms with E-state index in [0.717, 1.165) is 24.3 Å². The third kappa shape index (κ3) is 2.82. The van der Waals surface area contributed by atoms with Crippen LogP contribution in [0.15, 0.2) is 53.8 Å². The summed E-state index contributed by atoms with van der Waals surface area (Å²) >= 11 is 0. The molecule has 0 N–H and O–H groups in total. The van der Waals surface area contributed by atoms with E-state index in [1.807, 2.05) is 0 Å². The molecule has 124 valence electrons. The summed E-state index contributed by atoms with van der Waals surface area (Å²) in [4.78, 5) is 0. The minimum atomic E-state index is -2.74. The molecule has 0 amide bonds. The normalized spacial score (nSPS) is 19.9. The van der Waals surface area contributed by atoms with Crippen LogP contribution in [0.1, 0.15) is 0 Å². The molecule has 24 heavy (non-hydrogen) atoms. The quantitative estimate of drug-likeness (QED) is 0.560. The number of alkyl halides is 2. The van der Waals surface area contributed by atoms with Crippen molar-refractivity contribution in [3.63, 3.8) is 0 Å². The van der Waals surface area contributed by atoms with Crippen LogP contribution in [0, 0.1) is 17.5 Å². The molecule has 0 saturated heterocycles. The lowest BCUT2D eigenvalue weighted by molar-refractivity contribution is 0.225. The zero-order valence-corrected chi connectivity index (χ0v) is 12.5. The lowest BCUT2D eigenvalue weighted by atomic mass is 10.0. The van der Waals surface area contributed by atoms with E-state index < -0.39 is 29.6 Å². The van der Waals surface area contributed by atoms with Gasteiger partial charge in [0.2, 0.25) is 0 Å². The molecule has 1 atom stereocenters. The van der Waals surface area contributed by atoms with Gasteiger partial charge in [-0.25, -0.2) is 22.0 Å². The predicted octanol–water partition coefficient (Wildman–Crippen LogP) is 4.86. The second-order valence-corrected chi connectivity index (χ2v) is 5.46. The lowest BCUT2D eigenvalue weighted by Gasteiger charge is -2.23. The van der Waals surface area contributed by atoms with E-state index in [-0.39, 0.29) is 15.7 Å². The molecule has 0 aromatic heterocycles. The number of hydrogen-bond donors (Lipinski definition) is 0. The Hall–Kier alpha value is -2.54. The topological polar surface area (TPSA) is 12.4 Å². The van der Waals surface area contributed by atoms with Crippen molar-refractivity contribution >= 4 is 11.4 Å². The molecule has 0 saturated carbocycles. The summed E-state index contributed by atoms with van der Waals surface area (Å²) < 4.78 is 65.6. The summed E-state index contributed by atoms with van der Waals surface area (Å²) in [5, 5.41) is 3.95. The maximum absolute atomic E-state index is 13.7. The van der Waals surface area contributed by atoms with Gasteiger partial charge in [0.25, 0.3) is 6.43 Å². The molecule has 1 unspecified atom stereocenters. The predicted molar refractivity (Wildman–Crippen MR) is 82.0 cm³/mol. The maximum atomic E-state index is 13.7. The fourth-order valence-electron chi connectivity index (χ4n) is 2.58. The third-order valence-corrected chi connectivity index (χ3v) is 3.76. The van der Waals surface area contributed by atoms with Crippen molar-refractivity contribution in [1.82, 2.24) is 4.59 Å². The average Bonchev–Trinajstić information content (AvgIpc) is 2.93. The van der Waals surface area contributed by atoms with Crippen molar-refractivity contribution < 1.29 is 22.0 Å². The third-order valence-electron chi connectivity index (χ3n) is 3.76. The highest BCUT2D eigenvalue weighted by Gasteiger charge is 2.34. The molecule has 1 heterocycles. The summed E-state index contributed by atoms with van der Waals surface area (Å²) in [6.07, 6.45) is -0.144. The van der Waals surface area contributed by atoms with E-state index >= 15 is 0 Å².